The summed E-state index contributed by atoms with van der Waals surface area (Å²) in [6.45, 7) is 1.65. The van der Waals surface area contributed by atoms with Crippen LogP contribution in [0.3, 0.4) is 0 Å². The van der Waals surface area contributed by atoms with Crippen molar-refractivity contribution in [1.82, 2.24) is 24.9 Å². The van der Waals surface area contributed by atoms with Gasteiger partial charge in [-0.05, 0) is 31.2 Å². The summed E-state index contributed by atoms with van der Waals surface area (Å²) >= 11 is 0. The lowest BCUT2D eigenvalue weighted by Gasteiger charge is -2.08. The molecule has 0 fully saturated rings. The molecular weight excluding hydrogens is 316 g/mol. The molecule has 8 nitrogen and oxygen atoms in total. The van der Waals surface area contributed by atoms with Gasteiger partial charge >= 0.3 is 0 Å². The highest BCUT2D eigenvalue weighted by Crippen LogP contribution is 2.16. The van der Waals surface area contributed by atoms with Crippen LogP contribution >= 0.6 is 0 Å². The fourth-order valence-corrected chi connectivity index (χ4v) is 2.73. The van der Waals surface area contributed by atoms with E-state index in [1.54, 1.807) is 31.3 Å². The molecule has 0 saturated carbocycles. The van der Waals surface area contributed by atoms with Crippen molar-refractivity contribution in [2.24, 2.45) is 0 Å². The van der Waals surface area contributed by atoms with Crippen LogP contribution < -0.4 is 4.72 Å². The number of aryl methyl sites for hydroxylation is 1. The summed E-state index contributed by atoms with van der Waals surface area (Å²) in [6.07, 6.45) is 4.34. The molecule has 0 saturated heterocycles. The van der Waals surface area contributed by atoms with Gasteiger partial charge in [0, 0.05) is 18.6 Å². The number of pyridine rings is 2. The van der Waals surface area contributed by atoms with Crippen molar-refractivity contribution in [2.75, 3.05) is 4.72 Å². The van der Waals surface area contributed by atoms with E-state index in [9.17, 15) is 8.42 Å². The van der Waals surface area contributed by atoms with Crippen LogP contribution in [-0.4, -0.2) is 33.3 Å². The summed E-state index contributed by atoms with van der Waals surface area (Å²) in [7, 11) is -3.81. The van der Waals surface area contributed by atoms with Crippen molar-refractivity contribution in [3.8, 4) is 11.5 Å². The Balaban J connectivity index is 1.97. The Morgan fingerprint density at radius 2 is 1.87 bits per heavy atom. The predicted molar refractivity (Wildman–Crippen MR) is 82.8 cm³/mol. The molecule has 0 aliphatic carbocycles. The van der Waals surface area contributed by atoms with Crippen LogP contribution in [0.15, 0.2) is 53.8 Å². The smallest absolute Gasteiger partial charge is 0.263 e. The van der Waals surface area contributed by atoms with E-state index in [0.29, 0.717) is 17.3 Å². The summed E-state index contributed by atoms with van der Waals surface area (Å²) in [5.74, 6) is 0.605. The summed E-state index contributed by atoms with van der Waals surface area (Å²) in [4.78, 5) is 20.3. The molecule has 1 N–H and O–H groups in total. The van der Waals surface area contributed by atoms with Crippen molar-refractivity contribution in [1.29, 1.82) is 0 Å². The Morgan fingerprint density at radius 1 is 1.00 bits per heavy atom. The quantitative estimate of drug-likeness (QED) is 0.771. The third-order valence-electron chi connectivity index (χ3n) is 2.81. The number of nitrogens with zero attached hydrogens (tertiary/aromatic N) is 5. The van der Waals surface area contributed by atoms with E-state index in [0.717, 1.165) is 0 Å². The second-order valence-electron chi connectivity index (χ2n) is 4.54. The standard InChI is InChI=1S/C14H12N6O2S/c1-10-17-13(12-6-2-3-8-16-12)19-14(18-10)20-23(21,22)11-5-4-7-15-9-11/h2-9H,1H3,(H,17,18,19,20). The molecular formula is C14H12N6O2S. The van der Waals surface area contributed by atoms with E-state index in [-0.39, 0.29) is 10.8 Å². The molecule has 0 radical (unpaired) electrons. The zero-order valence-electron chi connectivity index (χ0n) is 12.1. The lowest BCUT2D eigenvalue weighted by molar-refractivity contribution is 0.600. The molecule has 23 heavy (non-hydrogen) atoms. The van der Waals surface area contributed by atoms with Gasteiger partial charge in [-0.15, -0.1) is 0 Å². The van der Waals surface area contributed by atoms with Gasteiger partial charge in [-0.25, -0.2) is 18.1 Å². The summed E-state index contributed by atoms with van der Waals surface area (Å²) in [5, 5.41) is 0. The fraction of sp³-hybridized carbons (Fsp3) is 0.0714. The Kier molecular flexibility index (Phi) is 3.94. The summed E-state index contributed by atoms with van der Waals surface area (Å²) in [6, 6.07) is 8.26. The second-order valence-corrected chi connectivity index (χ2v) is 6.22. The number of nitrogens with one attached hydrogen (secondary N) is 1. The average molecular weight is 328 g/mol. The van der Waals surface area contributed by atoms with E-state index in [1.165, 1.54) is 24.5 Å². The molecule has 0 unspecified atom stereocenters. The number of aromatic nitrogens is 5. The zero-order chi connectivity index (χ0) is 16.3. The number of hydrogen-bond donors (Lipinski definition) is 1. The summed E-state index contributed by atoms with van der Waals surface area (Å²) in [5.41, 5.74) is 0.528. The van der Waals surface area contributed by atoms with Gasteiger partial charge in [0.15, 0.2) is 5.82 Å². The number of sulfonamides is 1. The van der Waals surface area contributed by atoms with Gasteiger partial charge in [0.1, 0.15) is 16.4 Å². The molecule has 9 heteroatoms. The van der Waals surface area contributed by atoms with Crippen LogP contribution in [0.25, 0.3) is 11.5 Å². The Labute approximate surface area is 132 Å². The lowest BCUT2D eigenvalue weighted by atomic mass is 10.3. The zero-order valence-corrected chi connectivity index (χ0v) is 12.9. The number of rotatable bonds is 4. The SMILES string of the molecule is Cc1nc(NS(=O)(=O)c2cccnc2)nc(-c2ccccn2)n1. The minimum atomic E-state index is -3.81. The first-order valence-electron chi connectivity index (χ1n) is 6.61. The first kappa shape index (κ1) is 15.0. The van der Waals surface area contributed by atoms with E-state index < -0.39 is 10.0 Å². The van der Waals surface area contributed by atoms with Crippen molar-refractivity contribution in [2.45, 2.75) is 11.8 Å². The van der Waals surface area contributed by atoms with Crippen molar-refractivity contribution in [3.63, 3.8) is 0 Å². The number of anilines is 1. The van der Waals surface area contributed by atoms with Crippen LogP contribution in [0.5, 0.6) is 0 Å². The first-order valence-corrected chi connectivity index (χ1v) is 8.10. The summed E-state index contributed by atoms with van der Waals surface area (Å²) < 4.78 is 26.9. The van der Waals surface area contributed by atoms with Crippen molar-refractivity contribution >= 4 is 16.0 Å². The Morgan fingerprint density at radius 3 is 2.57 bits per heavy atom. The monoisotopic (exact) mass is 328 g/mol. The molecule has 116 valence electrons. The molecule has 3 rings (SSSR count). The lowest BCUT2D eigenvalue weighted by Crippen LogP contribution is -2.16. The Bertz CT molecular complexity index is 917. The van der Waals surface area contributed by atoms with Gasteiger partial charge in [-0.3, -0.25) is 9.97 Å². The van der Waals surface area contributed by atoms with Gasteiger partial charge in [0.25, 0.3) is 10.0 Å². The Hall–Kier alpha value is -2.94. The number of hydrogen-bond acceptors (Lipinski definition) is 7. The molecule has 0 aliphatic rings. The van der Waals surface area contributed by atoms with Crippen LogP contribution in [0.1, 0.15) is 5.82 Å². The molecule has 0 aliphatic heterocycles. The maximum Gasteiger partial charge on any atom is 0.265 e. The molecule has 0 spiro atoms. The van der Waals surface area contributed by atoms with Gasteiger partial charge < -0.3 is 0 Å². The van der Waals surface area contributed by atoms with E-state index >= 15 is 0 Å². The van der Waals surface area contributed by atoms with E-state index in [4.69, 9.17) is 0 Å². The maximum atomic E-state index is 12.3. The van der Waals surface area contributed by atoms with Crippen LogP contribution in [0, 0.1) is 6.92 Å². The molecule has 0 atom stereocenters. The first-order chi connectivity index (χ1) is 11.0. The highest BCUT2D eigenvalue weighted by molar-refractivity contribution is 7.92. The highest BCUT2D eigenvalue weighted by atomic mass is 32.2. The molecule has 3 aromatic rings. The highest BCUT2D eigenvalue weighted by Gasteiger charge is 2.17. The van der Waals surface area contributed by atoms with Crippen LogP contribution in [-0.2, 0) is 10.0 Å². The van der Waals surface area contributed by atoms with E-state index in [2.05, 4.69) is 29.6 Å². The second kappa shape index (κ2) is 6.05. The molecule has 3 aromatic heterocycles. The average Bonchev–Trinajstić information content (AvgIpc) is 2.55. The van der Waals surface area contributed by atoms with Crippen molar-refractivity contribution in [3.05, 3.63) is 54.7 Å². The largest absolute Gasteiger partial charge is 0.265 e. The minimum Gasteiger partial charge on any atom is -0.263 e. The predicted octanol–water partition coefficient (Wildman–Crippen LogP) is 1.44. The van der Waals surface area contributed by atoms with Crippen LogP contribution in [0.4, 0.5) is 5.95 Å². The maximum absolute atomic E-state index is 12.3. The van der Waals surface area contributed by atoms with Gasteiger partial charge in [0.2, 0.25) is 5.95 Å². The molecule has 0 amide bonds. The molecule has 0 bridgehead atoms. The minimum absolute atomic E-state index is 0.0254. The third kappa shape index (κ3) is 3.46. The van der Waals surface area contributed by atoms with Crippen molar-refractivity contribution < 1.29 is 8.42 Å². The normalized spacial score (nSPS) is 11.2. The van der Waals surface area contributed by atoms with E-state index in [1.807, 2.05) is 0 Å². The topological polar surface area (TPSA) is 111 Å². The molecule has 0 aromatic carbocycles. The van der Waals surface area contributed by atoms with Gasteiger partial charge in [-0.1, -0.05) is 6.07 Å². The molecule has 3 heterocycles. The third-order valence-corrected chi connectivity index (χ3v) is 4.12. The van der Waals surface area contributed by atoms with Gasteiger partial charge in [0.05, 0.1) is 0 Å². The fourth-order valence-electron chi connectivity index (χ4n) is 1.82. The van der Waals surface area contributed by atoms with Gasteiger partial charge in [-0.2, -0.15) is 9.97 Å². The van der Waals surface area contributed by atoms with Crippen LogP contribution in [0.2, 0.25) is 0 Å².